The number of aromatic carboxylic acids is 1. The number of carboxylic acids is 1. The van der Waals surface area contributed by atoms with Crippen LogP contribution in [0.3, 0.4) is 0 Å². The van der Waals surface area contributed by atoms with Gasteiger partial charge in [0, 0.05) is 77.2 Å². The molecule has 0 saturated heterocycles. The van der Waals surface area contributed by atoms with Gasteiger partial charge in [-0.15, -0.1) is 0 Å². The molecule has 0 amide bonds. The molecule has 61 heavy (non-hydrogen) atoms. The lowest BCUT2D eigenvalue weighted by molar-refractivity contribution is -0.383. The van der Waals surface area contributed by atoms with Crippen LogP contribution in [0.4, 0.5) is 17.1 Å². The van der Waals surface area contributed by atoms with Gasteiger partial charge in [0.2, 0.25) is 5.52 Å². The fourth-order valence-electron chi connectivity index (χ4n) is 8.06. The molecule has 6 aromatic rings. The van der Waals surface area contributed by atoms with Crippen molar-refractivity contribution in [1.82, 2.24) is 10.3 Å². The summed E-state index contributed by atoms with van der Waals surface area (Å²) in [6.45, 7) is 5.36. The van der Waals surface area contributed by atoms with Crippen LogP contribution in [-0.4, -0.2) is 57.3 Å². The van der Waals surface area contributed by atoms with Crippen molar-refractivity contribution in [3.63, 3.8) is 0 Å². The maximum atomic E-state index is 12.0. The number of rotatable bonds is 5. The number of aromatic nitrogens is 2. The number of aromatic hydroxyl groups is 1. The number of ketones is 1. The number of hydrogen-bond donors (Lipinski definition) is 3. The molecule has 0 fully saturated rings. The van der Waals surface area contributed by atoms with Gasteiger partial charge in [-0.3, -0.25) is 19.7 Å². The monoisotopic (exact) mass is 823 g/mol. The van der Waals surface area contributed by atoms with E-state index in [4.69, 9.17) is 8.83 Å². The SMILES string of the molecule is CC(=O)c1cc2cc3c4c(c2oc1=O)CCCN4CCC3.CNc1ccc(-c2c3ccc(=O)cc-3oc3cc(O)ccc23)c(C(=O)O)c1.Cc1ccc([N+](=O)[O-])c2nonc12. The van der Waals surface area contributed by atoms with Gasteiger partial charge < -0.3 is 29.3 Å². The Labute approximate surface area is 345 Å². The first-order valence-electron chi connectivity index (χ1n) is 19.3. The number of aryl methyl sites for hydroxylation is 3. The summed E-state index contributed by atoms with van der Waals surface area (Å²) < 4.78 is 15.7. The second kappa shape index (κ2) is 16.1. The molecule has 10 rings (SSSR count). The molecule has 3 N–H and O–H groups in total. The average Bonchev–Trinajstić information content (AvgIpc) is 3.74. The van der Waals surface area contributed by atoms with Crippen LogP contribution in [0.2, 0.25) is 0 Å². The number of carbonyl (C=O) groups excluding carboxylic acids is 1. The number of carbonyl (C=O) groups is 2. The summed E-state index contributed by atoms with van der Waals surface area (Å²) in [6.07, 6.45) is 4.25. The average molecular weight is 824 g/mol. The van der Waals surface area contributed by atoms with Crippen LogP contribution in [0.5, 0.6) is 5.75 Å². The number of hydrogen-bond acceptors (Lipinski definition) is 14. The van der Waals surface area contributed by atoms with Gasteiger partial charge >= 0.3 is 17.3 Å². The predicted molar refractivity (Wildman–Crippen MR) is 227 cm³/mol. The van der Waals surface area contributed by atoms with Gasteiger partial charge in [0.1, 0.15) is 33.8 Å². The molecule has 16 heteroatoms. The van der Waals surface area contributed by atoms with Crippen molar-refractivity contribution in [3.05, 3.63) is 137 Å². The maximum Gasteiger partial charge on any atom is 0.347 e. The van der Waals surface area contributed by atoms with E-state index in [9.17, 15) is 39.5 Å². The summed E-state index contributed by atoms with van der Waals surface area (Å²) >= 11 is 0. The Balaban J connectivity index is 0.000000134. The lowest BCUT2D eigenvalue weighted by Gasteiger charge is -2.37. The van der Waals surface area contributed by atoms with Gasteiger partial charge in [-0.25, -0.2) is 14.2 Å². The zero-order chi connectivity index (χ0) is 43.1. The molecule has 0 atom stereocenters. The first-order chi connectivity index (χ1) is 29.3. The summed E-state index contributed by atoms with van der Waals surface area (Å²) in [6, 6.07) is 20.9. The molecule has 1 aliphatic carbocycles. The highest BCUT2D eigenvalue weighted by molar-refractivity contribution is 6.08. The number of non-ortho nitro benzene ring substituents is 1. The molecule has 3 aliphatic heterocycles. The summed E-state index contributed by atoms with van der Waals surface area (Å²) in [7, 11) is 1.71. The van der Waals surface area contributed by atoms with Crippen LogP contribution in [0, 0.1) is 17.0 Å². The van der Waals surface area contributed by atoms with E-state index in [0.29, 0.717) is 50.2 Å². The number of nitrogens with zero attached hydrogens (tertiary/aromatic N) is 4. The third kappa shape index (κ3) is 7.50. The Morgan fingerprint density at radius 3 is 2.36 bits per heavy atom. The van der Waals surface area contributed by atoms with Crippen molar-refractivity contribution in [2.45, 2.75) is 39.5 Å². The summed E-state index contributed by atoms with van der Waals surface area (Å²) in [5.74, 6) is -0.967. The zero-order valence-corrected chi connectivity index (χ0v) is 33.1. The third-order valence-electron chi connectivity index (χ3n) is 10.9. The van der Waals surface area contributed by atoms with Crippen molar-refractivity contribution in [2.75, 3.05) is 30.4 Å². The largest absolute Gasteiger partial charge is 0.508 e. The molecule has 4 aromatic carbocycles. The summed E-state index contributed by atoms with van der Waals surface area (Å²) in [5, 5.41) is 41.6. The number of benzene rings is 5. The maximum absolute atomic E-state index is 12.0. The van der Waals surface area contributed by atoms with Crippen molar-refractivity contribution >= 4 is 61.8 Å². The highest BCUT2D eigenvalue weighted by Gasteiger charge is 2.28. The molecule has 0 unspecified atom stereocenters. The number of Topliss-reactive ketones (excluding diaryl/α,β-unsaturated/α-hetero) is 1. The fraction of sp³-hybridized carbons (Fsp3) is 0.200. The normalized spacial score (nSPS) is 12.9. The fourth-order valence-corrected chi connectivity index (χ4v) is 8.06. The van der Waals surface area contributed by atoms with Gasteiger partial charge in [0.05, 0.1) is 10.5 Å². The van der Waals surface area contributed by atoms with E-state index in [1.807, 2.05) is 0 Å². The lowest BCUT2D eigenvalue weighted by atomic mass is 9.90. The van der Waals surface area contributed by atoms with E-state index < -0.39 is 16.5 Å². The van der Waals surface area contributed by atoms with Gasteiger partial charge in [-0.1, -0.05) is 12.1 Å². The molecular weight excluding hydrogens is 787 g/mol. The Bertz CT molecular complexity index is 3160. The minimum atomic E-state index is -1.07. The third-order valence-corrected chi connectivity index (χ3v) is 10.9. The smallest absolute Gasteiger partial charge is 0.347 e. The van der Waals surface area contributed by atoms with E-state index in [1.54, 1.807) is 56.4 Å². The topological polar surface area (TPSA) is 232 Å². The predicted octanol–water partition coefficient (Wildman–Crippen LogP) is 8.14. The number of phenols is 1. The van der Waals surface area contributed by atoms with Crippen LogP contribution in [-0.2, 0) is 12.8 Å². The molecule has 4 aliphatic rings. The van der Waals surface area contributed by atoms with Crippen molar-refractivity contribution < 1.29 is 38.2 Å². The first-order valence-corrected chi connectivity index (χ1v) is 19.3. The highest BCUT2D eigenvalue weighted by Crippen LogP contribution is 2.43. The van der Waals surface area contributed by atoms with E-state index in [1.165, 1.54) is 48.5 Å². The van der Waals surface area contributed by atoms with Crippen LogP contribution in [0.1, 0.15) is 57.2 Å². The van der Waals surface area contributed by atoms with Gasteiger partial charge in [-0.2, -0.15) is 0 Å². The Morgan fingerprint density at radius 1 is 0.869 bits per heavy atom. The van der Waals surface area contributed by atoms with Crippen LogP contribution in [0.15, 0.2) is 102 Å². The van der Waals surface area contributed by atoms with E-state index in [0.717, 1.165) is 55.3 Å². The van der Waals surface area contributed by atoms with E-state index >= 15 is 0 Å². The van der Waals surface area contributed by atoms with Crippen LogP contribution in [0.25, 0.3) is 55.4 Å². The second-order valence-corrected chi connectivity index (χ2v) is 14.7. The molecule has 16 nitrogen and oxygen atoms in total. The molecule has 308 valence electrons. The first kappa shape index (κ1) is 39.9. The van der Waals surface area contributed by atoms with Gasteiger partial charge in [0.15, 0.2) is 11.2 Å². The van der Waals surface area contributed by atoms with Crippen molar-refractivity contribution in [1.29, 1.82) is 0 Å². The molecule has 0 radical (unpaired) electrons. The standard InChI is InChI=1S/C21H15NO5.C17H17NO3.C7H5N3O3/c1-22-11-2-5-14(17(8-11)21(25)26)20-15-6-3-12(23)9-18(15)27-19-10-13(24)4-7-16(19)20;1-10(19)14-9-12-8-11-4-2-6-18-7-3-5-13(15(11)18)16(12)21-17(14)20;1-4-2-3-5(10(11)12)7-6(4)8-13-9-7/h2-10,22-23H,1H3,(H,25,26);8-9H,2-7H2,1H3;2-3H,1H3. The summed E-state index contributed by atoms with van der Waals surface area (Å²) in [5.41, 5.74) is 8.11. The number of nitrogens with one attached hydrogen (secondary N) is 1. The van der Waals surface area contributed by atoms with Crippen LogP contribution < -0.4 is 21.3 Å². The quantitative estimate of drug-likeness (QED) is 0.0489. The minimum absolute atomic E-state index is 0.0128. The Kier molecular flexibility index (Phi) is 10.5. The van der Waals surface area contributed by atoms with Crippen molar-refractivity contribution in [2.24, 2.45) is 0 Å². The number of phenolic OH excluding ortho intramolecular Hbond substituents is 1. The molecule has 0 spiro atoms. The van der Waals surface area contributed by atoms with Crippen molar-refractivity contribution in [3.8, 4) is 28.2 Å². The van der Waals surface area contributed by atoms with Gasteiger partial charge in [-0.05, 0) is 115 Å². The lowest BCUT2D eigenvalue weighted by Crippen LogP contribution is -2.34. The van der Waals surface area contributed by atoms with Crippen LogP contribution >= 0.6 is 0 Å². The highest BCUT2D eigenvalue weighted by atomic mass is 16.6. The molecule has 0 saturated carbocycles. The molecule has 5 heterocycles. The molecule has 2 aromatic heterocycles. The Morgan fingerprint density at radius 2 is 1.62 bits per heavy atom. The Hall–Kier alpha value is -7.88. The van der Waals surface area contributed by atoms with E-state index in [-0.39, 0.29) is 39.3 Å². The number of carboxylic acid groups (broad SMARTS) is 1. The zero-order valence-electron chi connectivity index (χ0n) is 33.1. The number of anilines is 2. The van der Waals surface area contributed by atoms with Gasteiger partial charge in [0.25, 0.3) is 0 Å². The molecular formula is C45H37N5O11. The summed E-state index contributed by atoms with van der Waals surface area (Å²) in [4.78, 5) is 59.7. The second-order valence-electron chi connectivity index (χ2n) is 14.7. The minimum Gasteiger partial charge on any atom is -0.508 e. The van der Waals surface area contributed by atoms with E-state index in [2.05, 4.69) is 31.2 Å². The number of fused-ring (bicyclic) bond motifs is 5. The number of nitro groups is 1. The number of nitro benzene ring substituents is 1. The molecule has 0 bridgehead atoms.